The van der Waals surface area contributed by atoms with E-state index in [1.54, 1.807) is 23.7 Å². The van der Waals surface area contributed by atoms with Crippen molar-refractivity contribution in [2.24, 2.45) is 4.99 Å². The molecule has 2 aromatic heterocycles. The monoisotopic (exact) mass is 362 g/mol. The van der Waals surface area contributed by atoms with E-state index in [0.717, 1.165) is 29.1 Å². The highest BCUT2D eigenvalue weighted by atomic mass is 35.5. The van der Waals surface area contributed by atoms with Gasteiger partial charge in [-0.3, -0.25) is 0 Å². The Bertz CT molecular complexity index is 907. The number of halogens is 2. The zero-order chi connectivity index (χ0) is 16.5. The summed E-state index contributed by atoms with van der Waals surface area (Å²) in [6.45, 7) is 0. The van der Waals surface area contributed by atoms with Crippen LogP contribution in [-0.4, -0.2) is 4.57 Å². The Balaban J connectivity index is 1.85. The molecule has 3 nitrogen and oxygen atoms in total. The summed E-state index contributed by atoms with van der Waals surface area (Å²) in [6, 6.07) is 8.89. The van der Waals surface area contributed by atoms with Crippen molar-refractivity contribution in [3.05, 3.63) is 57.6 Å². The van der Waals surface area contributed by atoms with Crippen LogP contribution in [0.1, 0.15) is 31.7 Å². The molecule has 4 rings (SSSR count). The number of aromatic nitrogens is 1. The van der Waals surface area contributed by atoms with Crippen molar-refractivity contribution in [1.82, 2.24) is 4.57 Å². The van der Waals surface area contributed by atoms with E-state index >= 15 is 0 Å². The van der Waals surface area contributed by atoms with Crippen LogP contribution in [0.5, 0.6) is 0 Å². The van der Waals surface area contributed by atoms with Gasteiger partial charge in [-0.1, -0.05) is 24.4 Å². The first-order valence-electron chi connectivity index (χ1n) is 7.96. The normalized spacial score (nSPS) is 16.2. The van der Waals surface area contributed by atoms with Crippen molar-refractivity contribution in [3.8, 4) is 11.5 Å². The summed E-state index contributed by atoms with van der Waals surface area (Å²) >= 11 is 7.31. The van der Waals surface area contributed by atoms with Crippen LogP contribution in [0.15, 0.2) is 51.4 Å². The number of rotatable bonds is 3. The lowest BCUT2D eigenvalue weighted by Crippen LogP contribution is -2.19. The van der Waals surface area contributed by atoms with Crippen LogP contribution in [0.2, 0.25) is 5.02 Å². The predicted octanol–water partition coefficient (Wildman–Crippen LogP) is 5.95. The van der Waals surface area contributed by atoms with Gasteiger partial charge < -0.3 is 8.98 Å². The third-order valence-electron chi connectivity index (χ3n) is 4.33. The Labute approximate surface area is 148 Å². The summed E-state index contributed by atoms with van der Waals surface area (Å²) in [6.07, 6.45) is 6.39. The van der Waals surface area contributed by atoms with E-state index in [4.69, 9.17) is 16.0 Å². The van der Waals surface area contributed by atoms with Crippen LogP contribution >= 0.6 is 22.9 Å². The molecule has 0 unspecified atom stereocenters. The van der Waals surface area contributed by atoms with Crippen LogP contribution in [-0.2, 0) is 0 Å². The Morgan fingerprint density at radius 2 is 2.08 bits per heavy atom. The number of nitrogens with zero attached hydrogens (tertiary/aromatic N) is 2. The molecule has 0 bridgehead atoms. The third kappa shape index (κ3) is 2.94. The van der Waals surface area contributed by atoms with Gasteiger partial charge in [-0.15, -0.1) is 11.3 Å². The summed E-state index contributed by atoms with van der Waals surface area (Å²) in [4.78, 5) is 5.52. The van der Waals surface area contributed by atoms with Gasteiger partial charge in [0.05, 0.1) is 22.7 Å². The lowest BCUT2D eigenvalue weighted by atomic mass is 10.2. The summed E-state index contributed by atoms with van der Waals surface area (Å²) in [5.74, 6) is 0.384. The molecule has 1 aliphatic rings. The van der Waals surface area contributed by atoms with E-state index in [1.807, 2.05) is 12.1 Å². The second kappa shape index (κ2) is 6.57. The van der Waals surface area contributed by atoms with Gasteiger partial charge >= 0.3 is 0 Å². The summed E-state index contributed by atoms with van der Waals surface area (Å²) in [5, 5.41) is 2.17. The first kappa shape index (κ1) is 15.7. The Morgan fingerprint density at radius 1 is 1.25 bits per heavy atom. The van der Waals surface area contributed by atoms with Gasteiger partial charge in [0.1, 0.15) is 5.82 Å². The highest BCUT2D eigenvalue weighted by Crippen LogP contribution is 2.33. The van der Waals surface area contributed by atoms with Crippen LogP contribution in [0.25, 0.3) is 11.5 Å². The fraction of sp³-hybridized carbons (Fsp3) is 0.278. The smallest absolute Gasteiger partial charge is 0.190 e. The molecule has 124 valence electrons. The molecule has 1 aliphatic carbocycles. The second-order valence-corrected chi connectivity index (χ2v) is 7.14. The average Bonchev–Trinajstić information content (AvgIpc) is 3.30. The minimum atomic E-state index is -0.451. The van der Waals surface area contributed by atoms with E-state index in [0.29, 0.717) is 11.7 Å². The molecule has 0 amide bonds. The SMILES string of the molecule is Fc1cc(N=c2scc(-c3ccco3)n2C2CCCC2)ccc1Cl. The molecule has 0 radical (unpaired) electrons. The van der Waals surface area contributed by atoms with E-state index in [2.05, 4.69) is 14.9 Å². The van der Waals surface area contributed by atoms with Crippen LogP contribution < -0.4 is 4.80 Å². The molecular weight excluding hydrogens is 347 g/mol. The molecule has 1 saturated carbocycles. The van der Waals surface area contributed by atoms with Crippen LogP contribution in [0.4, 0.5) is 10.1 Å². The Hall–Kier alpha value is -1.85. The van der Waals surface area contributed by atoms with Gasteiger partial charge in [-0.05, 0) is 37.1 Å². The number of thiazole rings is 1. The van der Waals surface area contributed by atoms with Crippen molar-refractivity contribution in [1.29, 1.82) is 0 Å². The number of hydrogen-bond acceptors (Lipinski definition) is 3. The zero-order valence-electron chi connectivity index (χ0n) is 12.9. The quantitative estimate of drug-likeness (QED) is 0.566. The number of furan rings is 1. The second-order valence-electron chi connectivity index (χ2n) is 5.90. The summed E-state index contributed by atoms with van der Waals surface area (Å²) < 4.78 is 21.5. The maximum Gasteiger partial charge on any atom is 0.190 e. The zero-order valence-corrected chi connectivity index (χ0v) is 14.5. The van der Waals surface area contributed by atoms with Crippen molar-refractivity contribution in [2.45, 2.75) is 31.7 Å². The highest BCUT2D eigenvalue weighted by molar-refractivity contribution is 7.07. The van der Waals surface area contributed by atoms with E-state index in [1.165, 1.54) is 25.0 Å². The van der Waals surface area contributed by atoms with Gasteiger partial charge in [0, 0.05) is 17.5 Å². The lowest BCUT2D eigenvalue weighted by Gasteiger charge is -2.14. The van der Waals surface area contributed by atoms with Crippen LogP contribution in [0.3, 0.4) is 0 Å². The molecule has 1 fully saturated rings. The van der Waals surface area contributed by atoms with E-state index in [-0.39, 0.29) is 5.02 Å². The average molecular weight is 363 g/mol. The molecule has 3 aromatic rings. The standard InChI is InChI=1S/C18H16ClFN2OS/c19-14-8-7-12(10-15(14)20)21-18-22(13-4-1-2-5-13)16(11-24-18)17-6-3-9-23-17/h3,6-11,13H,1-2,4-5H2. The maximum atomic E-state index is 13.7. The fourth-order valence-electron chi connectivity index (χ4n) is 3.19. The molecule has 0 atom stereocenters. The molecular formula is C18H16ClFN2OS. The van der Waals surface area contributed by atoms with Crippen molar-refractivity contribution in [3.63, 3.8) is 0 Å². The molecule has 0 aliphatic heterocycles. The first-order valence-corrected chi connectivity index (χ1v) is 9.22. The topological polar surface area (TPSA) is 30.4 Å². The lowest BCUT2D eigenvalue weighted by molar-refractivity contribution is 0.499. The first-order chi connectivity index (χ1) is 11.7. The van der Waals surface area contributed by atoms with E-state index < -0.39 is 5.82 Å². The minimum Gasteiger partial charge on any atom is -0.463 e. The molecule has 1 aromatic carbocycles. The molecule has 24 heavy (non-hydrogen) atoms. The summed E-state index contributed by atoms with van der Waals surface area (Å²) in [5.41, 5.74) is 1.60. The number of hydrogen-bond donors (Lipinski definition) is 0. The summed E-state index contributed by atoms with van der Waals surface area (Å²) in [7, 11) is 0. The van der Waals surface area contributed by atoms with Gasteiger partial charge in [0.25, 0.3) is 0 Å². The van der Waals surface area contributed by atoms with Crippen molar-refractivity contribution >= 4 is 28.6 Å². The molecule has 6 heteroatoms. The Kier molecular flexibility index (Phi) is 4.29. The van der Waals surface area contributed by atoms with Gasteiger partial charge in [-0.25, -0.2) is 9.38 Å². The molecule has 0 saturated heterocycles. The predicted molar refractivity (Wildman–Crippen MR) is 94.1 cm³/mol. The number of benzene rings is 1. The molecule has 2 heterocycles. The largest absolute Gasteiger partial charge is 0.463 e. The molecule has 0 spiro atoms. The van der Waals surface area contributed by atoms with Crippen molar-refractivity contribution < 1.29 is 8.81 Å². The Morgan fingerprint density at radius 3 is 2.79 bits per heavy atom. The van der Waals surface area contributed by atoms with Gasteiger partial charge in [0.15, 0.2) is 10.6 Å². The van der Waals surface area contributed by atoms with Gasteiger partial charge in [0.2, 0.25) is 0 Å². The van der Waals surface area contributed by atoms with E-state index in [9.17, 15) is 4.39 Å². The third-order valence-corrected chi connectivity index (χ3v) is 5.48. The maximum absolute atomic E-state index is 13.7. The highest BCUT2D eigenvalue weighted by Gasteiger charge is 2.22. The van der Waals surface area contributed by atoms with Crippen LogP contribution in [0, 0.1) is 5.82 Å². The van der Waals surface area contributed by atoms with Gasteiger partial charge in [-0.2, -0.15) is 0 Å². The fourth-order valence-corrected chi connectivity index (χ4v) is 4.27. The minimum absolute atomic E-state index is 0.111. The molecule has 0 N–H and O–H groups in total. The van der Waals surface area contributed by atoms with Crippen molar-refractivity contribution in [2.75, 3.05) is 0 Å².